The molecule has 0 radical (unpaired) electrons. The van der Waals surface area contributed by atoms with Crippen LogP contribution < -0.4 is 11.3 Å². The molecule has 1 aromatic heterocycles. The first-order valence-corrected chi connectivity index (χ1v) is 5.51. The largest absolute Gasteiger partial charge is 0.271 e. The minimum Gasteiger partial charge on any atom is -0.271 e. The van der Waals surface area contributed by atoms with Gasteiger partial charge >= 0.3 is 0 Å². The molecule has 1 atom stereocenters. The molecule has 0 aliphatic rings. The molecule has 0 amide bonds. The molecule has 94 valence electrons. The molecule has 0 saturated heterocycles. The van der Waals surface area contributed by atoms with E-state index in [1.165, 1.54) is 0 Å². The normalized spacial score (nSPS) is 12.4. The van der Waals surface area contributed by atoms with Gasteiger partial charge in [-0.1, -0.05) is 6.07 Å². The molecule has 0 aliphatic carbocycles. The molecule has 1 aromatic carbocycles. The first-order valence-electron chi connectivity index (χ1n) is 5.51. The molecular weight excluding hydrogens is 236 g/mol. The number of hydrogen-bond donors (Lipinski definition) is 2. The number of hydrazine groups is 1. The van der Waals surface area contributed by atoms with Gasteiger partial charge in [-0.25, -0.2) is 8.78 Å². The van der Waals surface area contributed by atoms with Gasteiger partial charge in [0.2, 0.25) is 0 Å². The van der Waals surface area contributed by atoms with E-state index in [9.17, 15) is 8.78 Å². The van der Waals surface area contributed by atoms with Crippen LogP contribution in [0.3, 0.4) is 0 Å². The lowest BCUT2D eigenvalue weighted by Crippen LogP contribution is -2.30. The molecule has 0 saturated carbocycles. The Labute approximate surface area is 104 Å². The molecule has 0 spiro atoms. The minimum absolute atomic E-state index is 0.197. The SMILES string of the molecule is NNC(Cc1ccccn1)c1cc(F)ccc1F. The second-order valence-electron chi connectivity index (χ2n) is 3.91. The van der Waals surface area contributed by atoms with Gasteiger partial charge in [0.05, 0.1) is 6.04 Å². The van der Waals surface area contributed by atoms with E-state index >= 15 is 0 Å². The number of benzene rings is 1. The van der Waals surface area contributed by atoms with E-state index in [1.54, 1.807) is 12.3 Å². The van der Waals surface area contributed by atoms with Gasteiger partial charge in [-0.15, -0.1) is 0 Å². The molecule has 1 unspecified atom stereocenters. The van der Waals surface area contributed by atoms with Crippen molar-refractivity contribution >= 4 is 0 Å². The predicted molar refractivity (Wildman–Crippen MR) is 64.4 cm³/mol. The van der Waals surface area contributed by atoms with Gasteiger partial charge in [-0.05, 0) is 30.3 Å². The summed E-state index contributed by atoms with van der Waals surface area (Å²) >= 11 is 0. The highest BCUT2D eigenvalue weighted by molar-refractivity contribution is 5.24. The summed E-state index contributed by atoms with van der Waals surface area (Å²) in [6.45, 7) is 0. The van der Waals surface area contributed by atoms with Crippen LogP contribution in [0, 0.1) is 11.6 Å². The average Bonchev–Trinajstić information content (AvgIpc) is 2.40. The van der Waals surface area contributed by atoms with Crippen molar-refractivity contribution in [3.05, 3.63) is 65.5 Å². The van der Waals surface area contributed by atoms with E-state index in [-0.39, 0.29) is 5.56 Å². The van der Waals surface area contributed by atoms with E-state index in [0.29, 0.717) is 6.42 Å². The third-order valence-corrected chi connectivity index (χ3v) is 2.67. The Morgan fingerprint density at radius 2 is 2.06 bits per heavy atom. The molecule has 1 heterocycles. The van der Waals surface area contributed by atoms with Crippen molar-refractivity contribution in [1.82, 2.24) is 10.4 Å². The summed E-state index contributed by atoms with van der Waals surface area (Å²) < 4.78 is 26.8. The second kappa shape index (κ2) is 5.66. The van der Waals surface area contributed by atoms with Crippen molar-refractivity contribution < 1.29 is 8.78 Å². The number of nitrogens with zero attached hydrogens (tertiary/aromatic N) is 1. The Kier molecular flexibility index (Phi) is 3.96. The lowest BCUT2D eigenvalue weighted by atomic mass is 10.0. The lowest BCUT2D eigenvalue weighted by molar-refractivity contribution is 0.499. The maximum absolute atomic E-state index is 13.6. The van der Waals surface area contributed by atoms with Crippen molar-refractivity contribution in [2.24, 2.45) is 5.84 Å². The fourth-order valence-corrected chi connectivity index (χ4v) is 1.77. The van der Waals surface area contributed by atoms with E-state index in [0.717, 1.165) is 23.9 Å². The number of halogens is 2. The van der Waals surface area contributed by atoms with Gasteiger partial charge in [0, 0.05) is 23.9 Å². The van der Waals surface area contributed by atoms with Gasteiger partial charge in [-0.3, -0.25) is 16.3 Å². The number of hydrogen-bond acceptors (Lipinski definition) is 3. The lowest BCUT2D eigenvalue weighted by Gasteiger charge is -2.16. The molecule has 0 bridgehead atoms. The van der Waals surface area contributed by atoms with Gasteiger partial charge in [0.15, 0.2) is 0 Å². The summed E-state index contributed by atoms with van der Waals surface area (Å²) in [5, 5.41) is 0. The fourth-order valence-electron chi connectivity index (χ4n) is 1.77. The van der Waals surface area contributed by atoms with Crippen molar-refractivity contribution in [3.63, 3.8) is 0 Å². The summed E-state index contributed by atoms with van der Waals surface area (Å²) in [7, 11) is 0. The summed E-state index contributed by atoms with van der Waals surface area (Å²) in [4.78, 5) is 4.13. The summed E-state index contributed by atoms with van der Waals surface area (Å²) in [6, 6.07) is 8.22. The van der Waals surface area contributed by atoms with Crippen molar-refractivity contribution in [3.8, 4) is 0 Å². The van der Waals surface area contributed by atoms with Crippen LogP contribution in [-0.2, 0) is 6.42 Å². The number of pyridine rings is 1. The zero-order chi connectivity index (χ0) is 13.0. The van der Waals surface area contributed by atoms with Gasteiger partial charge in [0.25, 0.3) is 0 Å². The van der Waals surface area contributed by atoms with Crippen molar-refractivity contribution in [1.29, 1.82) is 0 Å². The number of nitrogens with two attached hydrogens (primary N) is 1. The molecule has 18 heavy (non-hydrogen) atoms. The van der Waals surface area contributed by atoms with Crippen molar-refractivity contribution in [2.45, 2.75) is 12.5 Å². The topological polar surface area (TPSA) is 50.9 Å². The van der Waals surface area contributed by atoms with Crippen LogP contribution in [-0.4, -0.2) is 4.98 Å². The van der Waals surface area contributed by atoms with Gasteiger partial charge < -0.3 is 0 Å². The molecule has 0 fully saturated rings. The first kappa shape index (κ1) is 12.6. The Morgan fingerprint density at radius 3 is 2.72 bits per heavy atom. The molecule has 3 N–H and O–H groups in total. The molecule has 5 heteroatoms. The molecule has 0 aliphatic heterocycles. The van der Waals surface area contributed by atoms with Crippen LogP contribution in [0.15, 0.2) is 42.6 Å². The smallest absolute Gasteiger partial charge is 0.128 e. The van der Waals surface area contributed by atoms with E-state index < -0.39 is 17.7 Å². The Bertz CT molecular complexity index is 517. The third kappa shape index (κ3) is 2.88. The summed E-state index contributed by atoms with van der Waals surface area (Å²) in [6.07, 6.45) is 2.03. The fraction of sp³-hybridized carbons (Fsp3) is 0.154. The first-order chi connectivity index (χ1) is 8.70. The highest BCUT2D eigenvalue weighted by Gasteiger charge is 2.16. The van der Waals surface area contributed by atoms with E-state index in [1.807, 2.05) is 12.1 Å². The quantitative estimate of drug-likeness (QED) is 0.644. The van der Waals surface area contributed by atoms with Gasteiger partial charge in [-0.2, -0.15) is 0 Å². The summed E-state index contributed by atoms with van der Waals surface area (Å²) in [5.41, 5.74) is 3.44. The third-order valence-electron chi connectivity index (χ3n) is 2.67. The van der Waals surface area contributed by atoms with E-state index in [2.05, 4.69) is 10.4 Å². The van der Waals surface area contributed by atoms with Crippen LogP contribution in [0.25, 0.3) is 0 Å². The van der Waals surface area contributed by atoms with Crippen LogP contribution in [0.2, 0.25) is 0 Å². The number of nitrogens with one attached hydrogen (secondary N) is 1. The number of aromatic nitrogens is 1. The zero-order valence-corrected chi connectivity index (χ0v) is 9.61. The highest BCUT2D eigenvalue weighted by atomic mass is 19.1. The highest BCUT2D eigenvalue weighted by Crippen LogP contribution is 2.20. The standard InChI is InChI=1S/C13H13F2N3/c14-9-4-5-12(15)11(7-9)13(18-16)8-10-3-1-2-6-17-10/h1-7,13,18H,8,16H2. The predicted octanol–water partition coefficient (Wildman–Crippen LogP) is 2.11. The Morgan fingerprint density at radius 1 is 1.22 bits per heavy atom. The molecule has 3 nitrogen and oxygen atoms in total. The Balaban J connectivity index is 2.26. The average molecular weight is 249 g/mol. The van der Waals surface area contributed by atoms with Crippen LogP contribution in [0.4, 0.5) is 8.78 Å². The molecule has 2 rings (SSSR count). The monoisotopic (exact) mass is 249 g/mol. The van der Waals surface area contributed by atoms with Crippen LogP contribution in [0.5, 0.6) is 0 Å². The molecule has 2 aromatic rings. The maximum atomic E-state index is 13.6. The maximum Gasteiger partial charge on any atom is 0.128 e. The van der Waals surface area contributed by atoms with Crippen LogP contribution >= 0.6 is 0 Å². The molecular formula is C13H13F2N3. The van der Waals surface area contributed by atoms with Crippen LogP contribution in [0.1, 0.15) is 17.3 Å². The zero-order valence-electron chi connectivity index (χ0n) is 9.61. The minimum atomic E-state index is -0.518. The van der Waals surface area contributed by atoms with E-state index in [4.69, 9.17) is 5.84 Å². The second-order valence-corrected chi connectivity index (χ2v) is 3.91. The summed E-state index contributed by atoms with van der Waals surface area (Å²) in [5.74, 6) is 4.42. The van der Waals surface area contributed by atoms with Gasteiger partial charge in [0.1, 0.15) is 11.6 Å². The Hall–Kier alpha value is -1.85. The van der Waals surface area contributed by atoms with Crippen molar-refractivity contribution in [2.75, 3.05) is 0 Å². The number of rotatable bonds is 4.